The van der Waals surface area contributed by atoms with E-state index in [4.69, 9.17) is 4.98 Å². The van der Waals surface area contributed by atoms with Crippen molar-refractivity contribution in [3.8, 4) is 0 Å². The molecular weight excluding hydrogens is 400 g/mol. The Bertz CT molecular complexity index is 878. The molecule has 0 radical (unpaired) electrons. The topological polar surface area (TPSA) is 72.9 Å². The van der Waals surface area contributed by atoms with Gasteiger partial charge in [-0.25, -0.2) is 14.8 Å². The van der Waals surface area contributed by atoms with E-state index in [1.165, 1.54) is 0 Å². The summed E-state index contributed by atoms with van der Waals surface area (Å²) < 4.78 is 0. The zero-order valence-corrected chi connectivity index (χ0v) is 18.0. The van der Waals surface area contributed by atoms with Crippen LogP contribution in [0.3, 0.4) is 0 Å². The highest BCUT2D eigenvalue weighted by molar-refractivity contribution is 7.21. The van der Waals surface area contributed by atoms with E-state index in [0.29, 0.717) is 13.1 Å². The Hall–Kier alpha value is -2.42. The molecule has 5 heterocycles. The van der Waals surface area contributed by atoms with E-state index in [9.17, 15) is 9.59 Å². The number of amides is 3. The molecule has 160 valence electrons. The van der Waals surface area contributed by atoms with Crippen LogP contribution in [0.4, 0.5) is 9.93 Å². The number of hydrogen-bond donors (Lipinski definition) is 0. The van der Waals surface area contributed by atoms with Crippen molar-refractivity contribution >= 4 is 38.8 Å². The number of fused-ring (bicyclic) bond motifs is 1. The van der Waals surface area contributed by atoms with E-state index in [1.54, 1.807) is 17.5 Å². The van der Waals surface area contributed by atoms with Crippen molar-refractivity contribution in [1.82, 2.24) is 24.7 Å². The Balaban J connectivity index is 1.12. The van der Waals surface area contributed by atoms with Crippen LogP contribution in [0.1, 0.15) is 25.7 Å². The second-order valence-corrected chi connectivity index (χ2v) is 9.33. The first kappa shape index (κ1) is 19.5. The number of likely N-dealkylation sites (tertiary alicyclic amines) is 2. The maximum Gasteiger partial charge on any atom is 0.319 e. The summed E-state index contributed by atoms with van der Waals surface area (Å²) in [5.41, 5.74) is 0.936. The molecule has 5 rings (SSSR count). The van der Waals surface area contributed by atoms with Crippen molar-refractivity contribution in [2.75, 3.05) is 57.3 Å². The van der Waals surface area contributed by atoms with Crippen molar-refractivity contribution in [2.45, 2.75) is 25.7 Å². The molecule has 0 aliphatic carbocycles. The summed E-state index contributed by atoms with van der Waals surface area (Å²) in [5.74, 6) is 0.305. The number of carbonyl (C=O) groups excluding carboxylic acids is 2. The molecule has 0 saturated carbocycles. The van der Waals surface area contributed by atoms with Crippen LogP contribution in [-0.2, 0) is 4.79 Å². The van der Waals surface area contributed by atoms with Gasteiger partial charge in [-0.2, -0.15) is 0 Å². The highest BCUT2D eigenvalue weighted by Crippen LogP contribution is 2.28. The molecule has 2 aromatic heterocycles. The number of piperidine rings is 1. The van der Waals surface area contributed by atoms with Gasteiger partial charge in [-0.1, -0.05) is 11.3 Å². The number of pyridine rings is 1. The number of carbonyl (C=O) groups is 2. The first-order valence-corrected chi connectivity index (χ1v) is 11.8. The zero-order valence-electron chi connectivity index (χ0n) is 17.2. The molecule has 0 bridgehead atoms. The molecule has 0 unspecified atom stereocenters. The fraction of sp³-hybridized carbons (Fsp3) is 0.619. The molecule has 3 fully saturated rings. The third-order valence-corrected chi connectivity index (χ3v) is 7.55. The number of anilines is 1. The second kappa shape index (κ2) is 8.37. The molecule has 2 aromatic rings. The number of rotatable bonds is 2. The summed E-state index contributed by atoms with van der Waals surface area (Å²) in [6, 6.07) is 4.06. The number of piperazine rings is 1. The molecular formula is C21H28N6O2S. The van der Waals surface area contributed by atoms with Crippen LogP contribution in [0.15, 0.2) is 18.3 Å². The normalized spacial score (nSPS) is 20.9. The number of thiazole rings is 1. The fourth-order valence-electron chi connectivity index (χ4n) is 4.70. The smallest absolute Gasteiger partial charge is 0.319 e. The molecule has 3 amide bonds. The number of aromatic nitrogens is 2. The lowest BCUT2D eigenvalue weighted by atomic mass is 9.95. The van der Waals surface area contributed by atoms with E-state index in [1.807, 2.05) is 26.8 Å². The third-order valence-electron chi connectivity index (χ3n) is 6.51. The van der Waals surface area contributed by atoms with E-state index >= 15 is 0 Å². The van der Waals surface area contributed by atoms with Gasteiger partial charge >= 0.3 is 6.03 Å². The lowest BCUT2D eigenvalue weighted by Gasteiger charge is -2.39. The number of urea groups is 1. The molecule has 3 saturated heterocycles. The summed E-state index contributed by atoms with van der Waals surface area (Å²) in [6.45, 7) is 6.23. The summed E-state index contributed by atoms with van der Waals surface area (Å²) in [4.78, 5) is 43.8. The molecule has 0 N–H and O–H groups in total. The summed E-state index contributed by atoms with van der Waals surface area (Å²) in [6.07, 6.45) is 5.58. The van der Waals surface area contributed by atoms with Crippen LogP contribution < -0.4 is 4.90 Å². The molecule has 0 spiro atoms. The van der Waals surface area contributed by atoms with Gasteiger partial charge < -0.3 is 19.6 Å². The van der Waals surface area contributed by atoms with Crippen LogP contribution in [0.2, 0.25) is 0 Å². The minimum atomic E-state index is 0.0471. The summed E-state index contributed by atoms with van der Waals surface area (Å²) in [5, 5.41) is 0.990. The van der Waals surface area contributed by atoms with Crippen LogP contribution in [0.5, 0.6) is 0 Å². The van der Waals surface area contributed by atoms with E-state index < -0.39 is 0 Å². The Labute approximate surface area is 180 Å². The van der Waals surface area contributed by atoms with Gasteiger partial charge in [-0.3, -0.25) is 4.79 Å². The quantitative estimate of drug-likeness (QED) is 0.734. The van der Waals surface area contributed by atoms with Crippen molar-refractivity contribution in [3.63, 3.8) is 0 Å². The van der Waals surface area contributed by atoms with E-state index in [2.05, 4.69) is 9.88 Å². The maximum atomic E-state index is 13.0. The maximum absolute atomic E-state index is 13.0. The van der Waals surface area contributed by atoms with Gasteiger partial charge in [-0.05, 0) is 37.8 Å². The first-order valence-electron chi connectivity index (χ1n) is 11.0. The van der Waals surface area contributed by atoms with Gasteiger partial charge in [0.05, 0.1) is 0 Å². The zero-order chi connectivity index (χ0) is 20.5. The SMILES string of the molecule is O=C(C1CCN(C(=O)N2CCCC2)CC1)N1CCN(c2nc3cccnc3s2)CC1. The van der Waals surface area contributed by atoms with Gasteiger partial charge in [0, 0.05) is 64.5 Å². The minimum absolute atomic E-state index is 0.0471. The highest BCUT2D eigenvalue weighted by atomic mass is 32.1. The van der Waals surface area contributed by atoms with Gasteiger partial charge in [0.15, 0.2) is 5.13 Å². The first-order chi connectivity index (χ1) is 14.7. The molecule has 3 aliphatic heterocycles. The Morgan fingerprint density at radius 3 is 2.30 bits per heavy atom. The number of hydrogen-bond acceptors (Lipinski definition) is 6. The van der Waals surface area contributed by atoms with Crippen molar-refractivity contribution in [2.24, 2.45) is 5.92 Å². The van der Waals surface area contributed by atoms with Gasteiger partial charge in [0.2, 0.25) is 5.91 Å². The van der Waals surface area contributed by atoms with Crippen LogP contribution >= 0.6 is 11.3 Å². The average Bonchev–Trinajstić information content (AvgIpc) is 3.48. The molecule has 0 aromatic carbocycles. The summed E-state index contributed by atoms with van der Waals surface area (Å²) >= 11 is 1.61. The van der Waals surface area contributed by atoms with Gasteiger partial charge in [0.1, 0.15) is 10.3 Å². The minimum Gasteiger partial charge on any atom is -0.344 e. The molecule has 3 aliphatic rings. The average molecular weight is 429 g/mol. The fourth-order valence-corrected chi connectivity index (χ4v) is 5.66. The third kappa shape index (κ3) is 3.82. The van der Waals surface area contributed by atoms with Crippen LogP contribution in [0.25, 0.3) is 10.3 Å². The van der Waals surface area contributed by atoms with Crippen LogP contribution in [-0.4, -0.2) is 89.0 Å². The Kier molecular flexibility index (Phi) is 5.45. The van der Waals surface area contributed by atoms with E-state index in [0.717, 1.165) is 80.4 Å². The predicted molar refractivity (Wildman–Crippen MR) is 117 cm³/mol. The van der Waals surface area contributed by atoms with Crippen LogP contribution in [0, 0.1) is 5.92 Å². The Morgan fingerprint density at radius 1 is 0.900 bits per heavy atom. The van der Waals surface area contributed by atoms with Crippen molar-refractivity contribution in [1.29, 1.82) is 0 Å². The molecule has 9 heteroatoms. The lowest BCUT2D eigenvalue weighted by Crippen LogP contribution is -2.52. The number of nitrogens with zero attached hydrogens (tertiary/aromatic N) is 6. The monoisotopic (exact) mass is 428 g/mol. The summed E-state index contributed by atoms with van der Waals surface area (Å²) in [7, 11) is 0. The van der Waals surface area contributed by atoms with Crippen molar-refractivity contribution < 1.29 is 9.59 Å². The van der Waals surface area contributed by atoms with E-state index in [-0.39, 0.29) is 17.9 Å². The Morgan fingerprint density at radius 2 is 1.60 bits per heavy atom. The second-order valence-electron chi connectivity index (χ2n) is 8.37. The molecule has 8 nitrogen and oxygen atoms in total. The van der Waals surface area contributed by atoms with Gasteiger partial charge in [0.25, 0.3) is 0 Å². The van der Waals surface area contributed by atoms with Crippen molar-refractivity contribution in [3.05, 3.63) is 18.3 Å². The molecule has 0 atom stereocenters. The standard InChI is InChI=1S/C21H28N6O2S/c28-19(16-5-10-27(11-6-16)21(29)26-8-1-2-9-26)24-12-14-25(15-13-24)20-23-17-4-3-7-22-18(17)30-20/h3-4,7,16H,1-2,5-6,8-15H2. The van der Waals surface area contributed by atoms with Gasteiger partial charge in [-0.15, -0.1) is 0 Å². The predicted octanol–water partition coefficient (Wildman–Crippen LogP) is 2.27. The molecule has 30 heavy (non-hydrogen) atoms. The highest BCUT2D eigenvalue weighted by Gasteiger charge is 2.33. The largest absolute Gasteiger partial charge is 0.344 e. The lowest BCUT2D eigenvalue weighted by molar-refractivity contribution is -0.137.